The Balaban J connectivity index is 0.00000240. The molecule has 0 saturated carbocycles. The molecule has 0 spiro atoms. The van der Waals surface area contributed by atoms with E-state index in [0.29, 0.717) is 12.5 Å². The molecule has 1 saturated heterocycles. The molecular weight excluding hydrogens is 406 g/mol. The molecule has 1 aromatic heterocycles. The van der Waals surface area contributed by atoms with Crippen LogP contribution in [0.3, 0.4) is 0 Å². The Morgan fingerprint density at radius 1 is 1.07 bits per heavy atom. The van der Waals surface area contributed by atoms with Gasteiger partial charge < -0.3 is 15.2 Å². The molecule has 0 bridgehead atoms. The summed E-state index contributed by atoms with van der Waals surface area (Å²) < 4.78 is 11.0. The van der Waals surface area contributed by atoms with Crippen LogP contribution in [0.4, 0.5) is 0 Å². The van der Waals surface area contributed by atoms with E-state index in [2.05, 4.69) is 34.5 Å². The Labute approximate surface area is 181 Å². The van der Waals surface area contributed by atoms with E-state index in [0.717, 1.165) is 41.8 Å². The number of hydrogen-bond acceptors (Lipinski definition) is 6. The van der Waals surface area contributed by atoms with Crippen LogP contribution < -0.4 is 15.2 Å². The van der Waals surface area contributed by atoms with E-state index in [9.17, 15) is 0 Å². The van der Waals surface area contributed by atoms with Gasteiger partial charge in [-0.3, -0.25) is 4.90 Å². The van der Waals surface area contributed by atoms with Crippen molar-refractivity contribution in [2.75, 3.05) is 20.2 Å². The first-order chi connectivity index (χ1) is 13.7. The van der Waals surface area contributed by atoms with Gasteiger partial charge >= 0.3 is 0 Å². The SMILES string of the molecule is COc1ccc(OCc2nc(CN3C[C@@H](N)[C@H](c4ccccc4)C3)cs2)cc1.Cl. The van der Waals surface area contributed by atoms with Crippen LogP contribution in [0, 0.1) is 0 Å². The number of hydrogen-bond donors (Lipinski definition) is 1. The fourth-order valence-electron chi connectivity index (χ4n) is 3.63. The van der Waals surface area contributed by atoms with E-state index >= 15 is 0 Å². The highest BCUT2D eigenvalue weighted by atomic mass is 35.5. The third kappa shape index (κ3) is 5.48. The Morgan fingerprint density at radius 2 is 1.79 bits per heavy atom. The monoisotopic (exact) mass is 431 g/mol. The van der Waals surface area contributed by atoms with Crippen LogP contribution in [0.25, 0.3) is 0 Å². The molecule has 7 heteroatoms. The summed E-state index contributed by atoms with van der Waals surface area (Å²) in [7, 11) is 1.66. The van der Waals surface area contributed by atoms with Crippen LogP contribution in [0.5, 0.6) is 11.5 Å². The number of halogens is 1. The van der Waals surface area contributed by atoms with Crippen LogP contribution in [-0.4, -0.2) is 36.1 Å². The van der Waals surface area contributed by atoms with Gasteiger partial charge in [-0.2, -0.15) is 0 Å². The molecule has 2 heterocycles. The molecule has 2 N–H and O–H groups in total. The summed E-state index contributed by atoms with van der Waals surface area (Å²) in [6.45, 7) is 3.17. The minimum atomic E-state index is 0. The van der Waals surface area contributed by atoms with Crippen molar-refractivity contribution >= 4 is 23.7 Å². The number of ether oxygens (including phenoxy) is 2. The lowest BCUT2D eigenvalue weighted by Gasteiger charge is -2.15. The molecule has 2 atom stereocenters. The lowest BCUT2D eigenvalue weighted by molar-refractivity contribution is 0.301. The predicted molar refractivity (Wildman–Crippen MR) is 119 cm³/mol. The number of thiazole rings is 1. The average molecular weight is 432 g/mol. The van der Waals surface area contributed by atoms with Crippen molar-refractivity contribution in [3.63, 3.8) is 0 Å². The third-order valence-electron chi connectivity index (χ3n) is 5.08. The van der Waals surface area contributed by atoms with E-state index in [1.807, 2.05) is 30.3 Å². The summed E-state index contributed by atoms with van der Waals surface area (Å²) in [5.74, 6) is 2.02. The normalized spacial score (nSPS) is 19.0. The van der Waals surface area contributed by atoms with Crippen LogP contribution in [-0.2, 0) is 13.2 Å². The molecule has 0 unspecified atom stereocenters. The number of likely N-dealkylation sites (tertiary alicyclic amines) is 1. The summed E-state index contributed by atoms with van der Waals surface area (Å²) in [4.78, 5) is 7.13. The number of rotatable bonds is 7. The molecule has 2 aromatic carbocycles. The van der Waals surface area contributed by atoms with Gasteiger partial charge in [0.05, 0.1) is 12.8 Å². The quantitative estimate of drug-likeness (QED) is 0.610. The minimum Gasteiger partial charge on any atom is -0.497 e. The van der Waals surface area contributed by atoms with E-state index < -0.39 is 0 Å². The van der Waals surface area contributed by atoms with E-state index in [4.69, 9.17) is 20.2 Å². The highest BCUT2D eigenvalue weighted by Gasteiger charge is 2.31. The van der Waals surface area contributed by atoms with E-state index in [1.54, 1.807) is 18.4 Å². The second-order valence-electron chi connectivity index (χ2n) is 7.07. The van der Waals surface area contributed by atoms with Crippen molar-refractivity contribution in [3.8, 4) is 11.5 Å². The second kappa shape index (κ2) is 10.1. The Bertz CT molecular complexity index is 889. The van der Waals surface area contributed by atoms with Crippen molar-refractivity contribution in [2.45, 2.75) is 25.1 Å². The summed E-state index contributed by atoms with van der Waals surface area (Å²) in [5, 5.41) is 3.10. The van der Waals surface area contributed by atoms with Crippen molar-refractivity contribution in [2.24, 2.45) is 5.73 Å². The average Bonchev–Trinajstić information content (AvgIpc) is 3.33. The first kappa shape index (κ1) is 21.6. The number of nitrogens with two attached hydrogens (primary N) is 1. The fourth-order valence-corrected chi connectivity index (χ4v) is 4.33. The van der Waals surface area contributed by atoms with E-state index in [-0.39, 0.29) is 18.4 Å². The maximum atomic E-state index is 6.40. The van der Waals surface area contributed by atoms with Crippen LogP contribution in [0.2, 0.25) is 0 Å². The summed E-state index contributed by atoms with van der Waals surface area (Å²) in [6, 6.07) is 18.3. The van der Waals surface area contributed by atoms with Crippen LogP contribution >= 0.6 is 23.7 Å². The van der Waals surface area contributed by atoms with Gasteiger partial charge in [-0.1, -0.05) is 30.3 Å². The molecular formula is C22H26ClN3O2S. The van der Waals surface area contributed by atoms with Gasteiger partial charge in [0.1, 0.15) is 23.1 Å². The second-order valence-corrected chi connectivity index (χ2v) is 8.01. The molecule has 1 fully saturated rings. The molecule has 4 rings (SSSR count). The number of methoxy groups -OCH3 is 1. The maximum Gasteiger partial charge on any atom is 0.140 e. The van der Waals surface area contributed by atoms with Crippen LogP contribution in [0.15, 0.2) is 60.0 Å². The topological polar surface area (TPSA) is 60.6 Å². The van der Waals surface area contributed by atoms with Gasteiger partial charge in [0.15, 0.2) is 0 Å². The highest BCUT2D eigenvalue weighted by molar-refractivity contribution is 7.09. The molecule has 1 aliphatic heterocycles. The molecule has 154 valence electrons. The molecule has 0 amide bonds. The summed E-state index contributed by atoms with van der Waals surface area (Å²) in [6.07, 6.45) is 0. The van der Waals surface area contributed by atoms with Gasteiger partial charge in [0.25, 0.3) is 0 Å². The predicted octanol–water partition coefficient (Wildman–Crippen LogP) is 4.08. The number of nitrogens with zero attached hydrogens (tertiary/aromatic N) is 2. The number of aromatic nitrogens is 1. The minimum absolute atomic E-state index is 0. The largest absolute Gasteiger partial charge is 0.497 e. The van der Waals surface area contributed by atoms with E-state index in [1.165, 1.54) is 5.56 Å². The Hall–Kier alpha value is -2.12. The van der Waals surface area contributed by atoms with Crippen LogP contribution in [0.1, 0.15) is 22.2 Å². The molecule has 0 aliphatic carbocycles. The summed E-state index contributed by atoms with van der Waals surface area (Å²) >= 11 is 1.64. The van der Waals surface area contributed by atoms with Gasteiger partial charge in [-0.15, -0.1) is 23.7 Å². The van der Waals surface area contributed by atoms with Crippen molar-refractivity contribution in [1.29, 1.82) is 0 Å². The molecule has 5 nitrogen and oxygen atoms in total. The standard InChI is InChI=1S/C22H25N3O2S.ClH/c1-26-18-7-9-19(10-8-18)27-14-22-24-17(15-28-22)11-25-12-20(21(23)13-25)16-5-3-2-4-6-16;/h2-10,15,20-21H,11-14,23H2,1H3;1H/t20-,21+;/m0./s1. The fraction of sp³-hybridized carbons (Fsp3) is 0.318. The number of benzene rings is 2. The third-order valence-corrected chi connectivity index (χ3v) is 5.95. The molecule has 29 heavy (non-hydrogen) atoms. The van der Waals surface area contributed by atoms with Gasteiger partial charge in [0, 0.05) is 37.0 Å². The lowest BCUT2D eigenvalue weighted by atomic mass is 9.95. The van der Waals surface area contributed by atoms with Crippen molar-refractivity contribution in [3.05, 3.63) is 76.2 Å². The zero-order chi connectivity index (χ0) is 19.3. The van der Waals surface area contributed by atoms with Crippen molar-refractivity contribution < 1.29 is 9.47 Å². The Kier molecular flexibility index (Phi) is 7.50. The van der Waals surface area contributed by atoms with Gasteiger partial charge in [-0.05, 0) is 29.8 Å². The van der Waals surface area contributed by atoms with Crippen molar-refractivity contribution in [1.82, 2.24) is 9.88 Å². The smallest absolute Gasteiger partial charge is 0.140 e. The summed E-state index contributed by atoms with van der Waals surface area (Å²) in [5.41, 5.74) is 8.81. The Morgan fingerprint density at radius 3 is 2.52 bits per heavy atom. The van der Waals surface area contributed by atoms with Gasteiger partial charge in [0.2, 0.25) is 0 Å². The molecule has 3 aromatic rings. The van der Waals surface area contributed by atoms with Gasteiger partial charge in [-0.25, -0.2) is 4.98 Å². The first-order valence-electron chi connectivity index (χ1n) is 9.44. The zero-order valence-electron chi connectivity index (χ0n) is 16.4. The zero-order valence-corrected chi connectivity index (χ0v) is 18.0. The molecule has 0 radical (unpaired) electrons. The first-order valence-corrected chi connectivity index (χ1v) is 10.3. The highest BCUT2D eigenvalue weighted by Crippen LogP contribution is 2.27. The maximum absolute atomic E-state index is 6.40. The lowest BCUT2D eigenvalue weighted by Crippen LogP contribution is -2.28. The molecule has 1 aliphatic rings.